The first kappa shape index (κ1) is 11.1. The number of hydrogen-bond acceptors (Lipinski definition) is 2. The van der Waals surface area contributed by atoms with Crippen LogP contribution in [-0.2, 0) is 0 Å². The van der Waals surface area contributed by atoms with Crippen molar-refractivity contribution in [2.45, 2.75) is 44.7 Å². The van der Waals surface area contributed by atoms with Gasteiger partial charge in [-0.3, -0.25) is 0 Å². The van der Waals surface area contributed by atoms with Gasteiger partial charge in [0.15, 0.2) is 0 Å². The summed E-state index contributed by atoms with van der Waals surface area (Å²) in [5.41, 5.74) is 1.33. The van der Waals surface area contributed by atoms with E-state index in [0.717, 1.165) is 18.3 Å². The van der Waals surface area contributed by atoms with E-state index in [1.165, 1.54) is 31.2 Å². The summed E-state index contributed by atoms with van der Waals surface area (Å²) in [5.74, 6) is 2.02. The van der Waals surface area contributed by atoms with Crippen LogP contribution in [0.3, 0.4) is 0 Å². The van der Waals surface area contributed by atoms with E-state index in [2.05, 4.69) is 30.4 Å². The van der Waals surface area contributed by atoms with Crippen LogP contribution >= 0.6 is 0 Å². The fourth-order valence-electron chi connectivity index (χ4n) is 2.94. The maximum absolute atomic E-state index is 5.69. The van der Waals surface area contributed by atoms with E-state index in [9.17, 15) is 0 Å². The van der Waals surface area contributed by atoms with E-state index >= 15 is 0 Å². The minimum Gasteiger partial charge on any atom is -0.491 e. The molecule has 1 aromatic carbocycles. The third kappa shape index (κ3) is 2.32. The van der Waals surface area contributed by atoms with Crippen LogP contribution in [0.4, 0.5) is 0 Å². The van der Waals surface area contributed by atoms with Gasteiger partial charge in [0.25, 0.3) is 0 Å². The first-order valence-corrected chi connectivity index (χ1v) is 6.80. The Labute approximate surface area is 103 Å². The second-order valence-electron chi connectivity index (χ2n) is 5.50. The number of nitrogens with one attached hydrogen (secondary N) is 1. The second-order valence-corrected chi connectivity index (χ2v) is 5.50. The maximum atomic E-state index is 5.69. The Morgan fingerprint density at radius 1 is 1.35 bits per heavy atom. The van der Waals surface area contributed by atoms with Gasteiger partial charge in [-0.1, -0.05) is 37.5 Å². The van der Waals surface area contributed by atoms with Crippen LogP contribution < -0.4 is 10.1 Å². The van der Waals surface area contributed by atoms with E-state index in [1.54, 1.807) is 0 Å². The fourth-order valence-corrected chi connectivity index (χ4v) is 2.94. The van der Waals surface area contributed by atoms with Gasteiger partial charge in [-0.2, -0.15) is 0 Å². The molecule has 2 unspecified atom stereocenters. The molecular formula is C15H21NO. The Bertz CT molecular complexity index is 386. The molecule has 2 aliphatic rings. The highest BCUT2D eigenvalue weighted by Crippen LogP contribution is 2.34. The number of fused-ring (bicyclic) bond motifs is 1. The minimum atomic E-state index is 0.390. The van der Waals surface area contributed by atoms with Crippen molar-refractivity contribution in [2.24, 2.45) is 5.92 Å². The number of hydrogen-bond donors (Lipinski definition) is 1. The summed E-state index contributed by atoms with van der Waals surface area (Å²) in [6.07, 6.45) is 5.62. The Morgan fingerprint density at radius 2 is 2.18 bits per heavy atom. The van der Waals surface area contributed by atoms with Gasteiger partial charge in [0.2, 0.25) is 0 Å². The lowest BCUT2D eigenvalue weighted by Gasteiger charge is -2.29. The smallest absolute Gasteiger partial charge is 0.124 e. The summed E-state index contributed by atoms with van der Waals surface area (Å²) in [4.78, 5) is 0. The predicted molar refractivity (Wildman–Crippen MR) is 69.2 cm³/mol. The molecule has 0 bridgehead atoms. The van der Waals surface area contributed by atoms with Crippen molar-refractivity contribution < 1.29 is 4.74 Å². The van der Waals surface area contributed by atoms with E-state index in [-0.39, 0.29) is 0 Å². The summed E-state index contributed by atoms with van der Waals surface area (Å²) >= 11 is 0. The van der Waals surface area contributed by atoms with Gasteiger partial charge in [-0.25, -0.2) is 0 Å². The lowest BCUT2D eigenvalue weighted by Crippen LogP contribution is -2.34. The fraction of sp³-hybridized carbons (Fsp3) is 0.600. The summed E-state index contributed by atoms with van der Waals surface area (Å²) < 4.78 is 5.69. The Kier molecular flexibility index (Phi) is 3.06. The molecule has 2 heteroatoms. The van der Waals surface area contributed by atoms with Crippen LogP contribution in [-0.4, -0.2) is 12.6 Å². The highest BCUT2D eigenvalue weighted by molar-refractivity contribution is 5.39. The standard InChI is InChI=1S/C15H21NO/c1-11(9-12-5-4-6-12)16-14-10-17-15-8-3-2-7-13(14)15/h2-3,7-8,11-12,14,16H,4-6,9-10H2,1H3. The van der Waals surface area contributed by atoms with Crippen molar-refractivity contribution in [3.8, 4) is 5.75 Å². The lowest BCUT2D eigenvalue weighted by atomic mass is 9.81. The zero-order chi connectivity index (χ0) is 11.7. The quantitative estimate of drug-likeness (QED) is 0.858. The summed E-state index contributed by atoms with van der Waals surface area (Å²) in [7, 11) is 0. The molecule has 3 rings (SSSR count). The molecule has 0 aromatic heterocycles. The van der Waals surface area contributed by atoms with Crippen LogP contribution in [0.25, 0.3) is 0 Å². The summed E-state index contributed by atoms with van der Waals surface area (Å²) in [5, 5.41) is 3.71. The minimum absolute atomic E-state index is 0.390. The van der Waals surface area contributed by atoms with Gasteiger partial charge in [0, 0.05) is 11.6 Å². The predicted octanol–water partition coefficient (Wildman–Crippen LogP) is 3.29. The van der Waals surface area contributed by atoms with Crippen LogP contribution in [0.1, 0.15) is 44.2 Å². The Hall–Kier alpha value is -1.02. The molecule has 2 nitrogen and oxygen atoms in total. The molecule has 0 saturated heterocycles. The topological polar surface area (TPSA) is 21.3 Å². The van der Waals surface area contributed by atoms with Crippen LogP contribution in [0.15, 0.2) is 24.3 Å². The lowest BCUT2D eigenvalue weighted by molar-refractivity contribution is 0.243. The average molecular weight is 231 g/mol. The summed E-state index contributed by atoms with van der Waals surface area (Å²) in [6.45, 7) is 3.09. The number of rotatable bonds is 4. The molecule has 1 N–H and O–H groups in total. The maximum Gasteiger partial charge on any atom is 0.124 e. The van der Waals surface area contributed by atoms with Crippen LogP contribution in [0.2, 0.25) is 0 Å². The molecule has 17 heavy (non-hydrogen) atoms. The summed E-state index contributed by atoms with van der Waals surface area (Å²) in [6, 6.07) is 9.36. The average Bonchev–Trinajstić information content (AvgIpc) is 2.68. The van der Waals surface area contributed by atoms with Crippen molar-refractivity contribution >= 4 is 0 Å². The normalized spacial score (nSPS) is 24.9. The number of benzene rings is 1. The SMILES string of the molecule is CC(CC1CCC1)NC1COc2ccccc21. The zero-order valence-corrected chi connectivity index (χ0v) is 10.5. The molecule has 1 saturated carbocycles. The molecule has 1 heterocycles. The molecular weight excluding hydrogens is 210 g/mol. The van der Waals surface area contributed by atoms with Crippen molar-refractivity contribution in [1.29, 1.82) is 0 Å². The van der Waals surface area contributed by atoms with Gasteiger partial charge in [-0.15, -0.1) is 0 Å². The van der Waals surface area contributed by atoms with E-state index in [0.29, 0.717) is 12.1 Å². The highest BCUT2D eigenvalue weighted by atomic mass is 16.5. The third-order valence-corrected chi connectivity index (χ3v) is 4.10. The largest absolute Gasteiger partial charge is 0.491 e. The van der Waals surface area contributed by atoms with Crippen LogP contribution in [0, 0.1) is 5.92 Å². The second kappa shape index (κ2) is 4.69. The van der Waals surface area contributed by atoms with Crippen molar-refractivity contribution in [3.63, 3.8) is 0 Å². The van der Waals surface area contributed by atoms with Crippen molar-refractivity contribution in [2.75, 3.05) is 6.61 Å². The molecule has 92 valence electrons. The first-order chi connectivity index (χ1) is 8.33. The molecule has 1 aromatic rings. The van der Waals surface area contributed by atoms with E-state index in [4.69, 9.17) is 4.74 Å². The van der Waals surface area contributed by atoms with Crippen molar-refractivity contribution in [1.82, 2.24) is 5.32 Å². The Balaban J connectivity index is 1.58. The monoisotopic (exact) mass is 231 g/mol. The Morgan fingerprint density at radius 3 is 2.94 bits per heavy atom. The molecule has 0 radical (unpaired) electrons. The number of ether oxygens (including phenoxy) is 1. The molecule has 1 aliphatic heterocycles. The molecule has 2 atom stereocenters. The number of para-hydroxylation sites is 1. The third-order valence-electron chi connectivity index (χ3n) is 4.10. The molecule has 1 aliphatic carbocycles. The highest BCUT2D eigenvalue weighted by Gasteiger charge is 2.26. The molecule has 1 fully saturated rings. The molecule has 0 amide bonds. The zero-order valence-electron chi connectivity index (χ0n) is 10.5. The van der Waals surface area contributed by atoms with Gasteiger partial charge in [0.05, 0.1) is 6.04 Å². The van der Waals surface area contributed by atoms with E-state index in [1.807, 2.05) is 6.07 Å². The van der Waals surface area contributed by atoms with Gasteiger partial charge in [0.1, 0.15) is 12.4 Å². The molecule has 0 spiro atoms. The van der Waals surface area contributed by atoms with Gasteiger partial charge in [-0.05, 0) is 25.3 Å². The van der Waals surface area contributed by atoms with E-state index < -0.39 is 0 Å². The first-order valence-electron chi connectivity index (χ1n) is 6.80. The van der Waals surface area contributed by atoms with Gasteiger partial charge >= 0.3 is 0 Å². The van der Waals surface area contributed by atoms with Crippen LogP contribution in [0.5, 0.6) is 5.75 Å². The van der Waals surface area contributed by atoms with Gasteiger partial charge < -0.3 is 10.1 Å². The van der Waals surface area contributed by atoms with Crippen molar-refractivity contribution in [3.05, 3.63) is 29.8 Å².